The van der Waals surface area contributed by atoms with Crippen LogP contribution in [0.25, 0.3) is 0 Å². The molecule has 1 aromatic carbocycles. The van der Waals surface area contributed by atoms with Gasteiger partial charge in [-0.2, -0.15) is 5.26 Å². The SMILES string of the molecule is N#Cc1ccc(OCC(=O)NC(=O)NC2CCCC2)c(Cl)c1. The minimum atomic E-state index is -0.559. The smallest absolute Gasteiger partial charge is 0.321 e. The van der Waals surface area contributed by atoms with Gasteiger partial charge >= 0.3 is 6.03 Å². The Balaban J connectivity index is 1.77. The van der Waals surface area contributed by atoms with Crippen LogP contribution >= 0.6 is 11.6 Å². The van der Waals surface area contributed by atoms with Crippen molar-refractivity contribution in [3.63, 3.8) is 0 Å². The quantitative estimate of drug-likeness (QED) is 0.890. The number of nitrogens with one attached hydrogen (secondary N) is 2. The first-order chi connectivity index (χ1) is 10.6. The summed E-state index contributed by atoms with van der Waals surface area (Å²) in [5, 5.41) is 13.9. The molecule has 6 nitrogen and oxygen atoms in total. The van der Waals surface area contributed by atoms with E-state index in [9.17, 15) is 9.59 Å². The summed E-state index contributed by atoms with van der Waals surface area (Å²) in [4.78, 5) is 23.3. The average molecular weight is 322 g/mol. The number of hydrogen-bond acceptors (Lipinski definition) is 4. The summed E-state index contributed by atoms with van der Waals surface area (Å²) in [5.74, 6) is -0.275. The van der Waals surface area contributed by atoms with Gasteiger partial charge in [-0.05, 0) is 31.0 Å². The van der Waals surface area contributed by atoms with Crippen LogP contribution < -0.4 is 15.4 Å². The standard InChI is InChI=1S/C15H16ClN3O3/c16-12-7-10(8-17)5-6-13(12)22-9-14(20)19-15(21)18-11-3-1-2-4-11/h5-7,11H,1-4,9H2,(H2,18,19,20,21). The number of halogens is 1. The van der Waals surface area contributed by atoms with Crippen LogP contribution in [-0.2, 0) is 4.79 Å². The molecule has 1 aliphatic carbocycles. The van der Waals surface area contributed by atoms with Crippen LogP contribution in [0.15, 0.2) is 18.2 Å². The summed E-state index contributed by atoms with van der Waals surface area (Å²) < 4.78 is 5.24. The molecular weight excluding hydrogens is 306 g/mol. The number of hydrogen-bond donors (Lipinski definition) is 2. The van der Waals surface area contributed by atoms with Gasteiger partial charge in [-0.15, -0.1) is 0 Å². The minimum absolute atomic E-state index is 0.140. The fourth-order valence-electron chi connectivity index (χ4n) is 2.29. The molecule has 0 atom stereocenters. The summed E-state index contributed by atoms with van der Waals surface area (Å²) in [7, 11) is 0. The second-order valence-electron chi connectivity index (χ2n) is 5.05. The monoisotopic (exact) mass is 321 g/mol. The van der Waals surface area contributed by atoms with Gasteiger partial charge < -0.3 is 10.1 Å². The Morgan fingerprint density at radius 2 is 2.09 bits per heavy atom. The van der Waals surface area contributed by atoms with E-state index >= 15 is 0 Å². The summed E-state index contributed by atoms with van der Waals surface area (Å²) >= 11 is 5.92. The van der Waals surface area contributed by atoms with Crippen molar-refractivity contribution in [1.82, 2.24) is 10.6 Å². The molecule has 1 aliphatic rings. The van der Waals surface area contributed by atoms with Gasteiger partial charge in [0.1, 0.15) is 5.75 Å². The van der Waals surface area contributed by atoms with Crippen LogP contribution in [0.3, 0.4) is 0 Å². The number of nitrogens with zero attached hydrogens (tertiary/aromatic N) is 1. The maximum absolute atomic E-state index is 11.6. The number of amides is 3. The zero-order valence-corrected chi connectivity index (χ0v) is 12.7. The van der Waals surface area contributed by atoms with Crippen molar-refractivity contribution in [1.29, 1.82) is 5.26 Å². The van der Waals surface area contributed by atoms with Crippen molar-refractivity contribution >= 4 is 23.5 Å². The second-order valence-corrected chi connectivity index (χ2v) is 5.46. The predicted molar refractivity (Wildman–Crippen MR) is 80.6 cm³/mol. The molecule has 1 aromatic rings. The molecule has 2 N–H and O–H groups in total. The van der Waals surface area contributed by atoms with Crippen LogP contribution in [-0.4, -0.2) is 24.6 Å². The Kier molecular flexibility index (Phi) is 5.61. The zero-order valence-electron chi connectivity index (χ0n) is 11.9. The van der Waals surface area contributed by atoms with Gasteiger partial charge in [0.25, 0.3) is 5.91 Å². The Hall–Kier alpha value is -2.26. The number of benzene rings is 1. The molecule has 0 radical (unpaired) electrons. The molecule has 3 amide bonds. The molecule has 0 aromatic heterocycles. The molecule has 0 bridgehead atoms. The van der Waals surface area contributed by atoms with Crippen molar-refractivity contribution in [2.24, 2.45) is 0 Å². The number of nitriles is 1. The van der Waals surface area contributed by atoms with Gasteiger partial charge in [0.05, 0.1) is 16.7 Å². The summed E-state index contributed by atoms with van der Waals surface area (Å²) in [6.45, 7) is -0.330. The third kappa shape index (κ3) is 4.64. The van der Waals surface area contributed by atoms with E-state index < -0.39 is 11.9 Å². The van der Waals surface area contributed by atoms with Gasteiger partial charge in [0.2, 0.25) is 0 Å². The van der Waals surface area contributed by atoms with Crippen LogP contribution in [0.4, 0.5) is 4.79 Å². The largest absolute Gasteiger partial charge is 0.482 e. The molecule has 1 fully saturated rings. The molecule has 0 saturated heterocycles. The van der Waals surface area contributed by atoms with Crippen molar-refractivity contribution < 1.29 is 14.3 Å². The molecule has 0 aliphatic heterocycles. The van der Waals surface area contributed by atoms with Crippen molar-refractivity contribution in [2.75, 3.05) is 6.61 Å². The van der Waals surface area contributed by atoms with Crippen LogP contribution in [0.2, 0.25) is 5.02 Å². The third-order valence-corrected chi connectivity index (χ3v) is 3.66. The highest BCUT2D eigenvalue weighted by Crippen LogP contribution is 2.25. The second kappa shape index (κ2) is 7.66. The van der Waals surface area contributed by atoms with Crippen molar-refractivity contribution in [3.05, 3.63) is 28.8 Å². The Morgan fingerprint density at radius 1 is 1.36 bits per heavy atom. The predicted octanol–water partition coefficient (Wildman–Crippen LogP) is 2.36. The number of ether oxygens (including phenoxy) is 1. The lowest BCUT2D eigenvalue weighted by atomic mass is 10.2. The van der Waals surface area contributed by atoms with E-state index in [2.05, 4.69) is 10.6 Å². The molecular formula is C15H16ClN3O3. The summed E-state index contributed by atoms with van der Waals surface area (Å²) in [5.41, 5.74) is 0.401. The normalized spacial score (nSPS) is 14.2. The topological polar surface area (TPSA) is 91.2 Å². The minimum Gasteiger partial charge on any atom is -0.482 e. The van der Waals surface area contributed by atoms with E-state index in [1.807, 2.05) is 6.07 Å². The first-order valence-corrected chi connectivity index (χ1v) is 7.39. The van der Waals surface area contributed by atoms with Gasteiger partial charge in [0.15, 0.2) is 6.61 Å². The fourth-order valence-corrected chi connectivity index (χ4v) is 2.52. The lowest BCUT2D eigenvalue weighted by Crippen LogP contribution is -2.45. The van der Waals surface area contributed by atoms with E-state index in [0.717, 1.165) is 25.7 Å². The highest BCUT2D eigenvalue weighted by atomic mass is 35.5. The van der Waals surface area contributed by atoms with Gasteiger partial charge in [0, 0.05) is 6.04 Å². The van der Waals surface area contributed by atoms with Gasteiger partial charge in [-0.25, -0.2) is 4.79 Å². The Labute approximate surface area is 133 Å². The molecule has 0 heterocycles. The molecule has 1 saturated carbocycles. The number of imide groups is 1. The van der Waals surface area contributed by atoms with Crippen LogP contribution in [0.5, 0.6) is 5.75 Å². The van der Waals surface area contributed by atoms with Crippen molar-refractivity contribution in [2.45, 2.75) is 31.7 Å². The maximum Gasteiger partial charge on any atom is 0.321 e. The maximum atomic E-state index is 11.6. The molecule has 22 heavy (non-hydrogen) atoms. The summed E-state index contributed by atoms with van der Waals surface area (Å²) in [6, 6.07) is 6.07. The molecule has 116 valence electrons. The molecule has 0 unspecified atom stereocenters. The zero-order chi connectivity index (χ0) is 15.9. The van der Waals surface area contributed by atoms with Gasteiger partial charge in [-0.1, -0.05) is 24.4 Å². The first kappa shape index (κ1) is 16.1. The summed E-state index contributed by atoms with van der Waals surface area (Å²) in [6.07, 6.45) is 4.08. The van der Waals surface area contributed by atoms with Gasteiger partial charge in [-0.3, -0.25) is 10.1 Å². The molecule has 0 spiro atoms. The number of rotatable bonds is 4. The van der Waals surface area contributed by atoms with E-state index in [1.54, 1.807) is 0 Å². The van der Waals surface area contributed by atoms with Crippen LogP contribution in [0, 0.1) is 11.3 Å². The molecule has 7 heteroatoms. The third-order valence-electron chi connectivity index (χ3n) is 3.36. The molecule has 2 rings (SSSR count). The fraction of sp³-hybridized carbons (Fsp3) is 0.400. The van der Waals surface area contributed by atoms with E-state index in [0.29, 0.717) is 5.56 Å². The van der Waals surface area contributed by atoms with Crippen molar-refractivity contribution in [3.8, 4) is 11.8 Å². The lowest BCUT2D eigenvalue weighted by molar-refractivity contribution is -0.122. The lowest BCUT2D eigenvalue weighted by Gasteiger charge is -2.12. The highest BCUT2D eigenvalue weighted by molar-refractivity contribution is 6.32. The number of urea groups is 1. The first-order valence-electron chi connectivity index (χ1n) is 7.01. The van der Waals surface area contributed by atoms with E-state index in [4.69, 9.17) is 21.6 Å². The van der Waals surface area contributed by atoms with Crippen LogP contribution in [0.1, 0.15) is 31.2 Å². The van der Waals surface area contributed by atoms with E-state index in [-0.39, 0.29) is 23.4 Å². The Morgan fingerprint density at radius 3 is 2.73 bits per heavy atom. The highest BCUT2D eigenvalue weighted by Gasteiger charge is 2.18. The number of carbonyl (C=O) groups is 2. The Bertz CT molecular complexity index is 607. The van der Waals surface area contributed by atoms with E-state index in [1.165, 1.54) is 18.2 Å². The number of carbonyl (C=O) groups excluding carboxylic acids is 2. The average Bonchev–Trinajstić information content (AvgIpc) is 2.98.